The molecular formula is C17H24BrN3O3. The van der Waals surface area contributed by atoms with Gasteiger partial charge in [0.15, 0.2) is 0 Å². The summed E-state index contributed by atoms with van der Waals surface area (Å²) < 4.78 is 3.33. The van der Waals surface area contributed by atoms with Gasteiger partial charge >= 0.3 is 0 Å². The Labute approximate surface area is 150 Å². The Morgan fingerprint density at radius 2 is 1.96 bits per heavy atom. The summed E-state index contributed by atoms with van der Waals surface area (Å²) in [6, 6.07) is 8.77. The highest BCUT2D eigenvalue weighted by Crippen LogP contribution is 2.26. The number of hydrogen-bond donors (Lipinski definition) is 1. The minimum absolute atomic E-state index is 0.578. The van der Waals surface area contributed by atoms with Gasteiger partial charge < -0.3 is 9.77 Å². The Morgan fingerprint density at radius 1 is 1.29 bits per heavy atom. The summed E-state index contributed by atoms with van der Waals surface area (Å²) in [5.74, 6) is 0.578. The van der Waals surface area contributed by atoms with E-state index in [1.54, 1.807) is 0 Å². The van der Waals surface area contributed by atoms with E-state index in [2.05, 4.69) is 62.9 Å². The molecule has 0 aliphatic heterocycles. The third kappa shape index (κ3) is 8.67. The molecule has 0 fully saturated rings. The number of nitrogens with zero attached hydrogens (tertiary/aromatic N) is 3. The minimum Gasteiger partial charge on any atom is -0.337 e. The summed E-state index contributed by atoms with van der Waals surface area (Å²) in [5, 5.41) is 13.6. The highest BCUT2D eigenvalue weighted by Gasteiger charge is 2.12. The SMILES string of the molecule is CCCCCCC(Cn1ccnc1)c1ccc(Br)cc1.O=[N+]([O-])O. The maximum absolute atomic E-state index is 8.36. The summed E-state index contributed by atoms with van der Waals surface area (Å²) >= 11 is 3.51. The molecule has 0 aliphatic carbocycles. The van der Waals surface area contributed by atoms with Crippen LogP contribution in [0.15, 0.2) is 47.5 Å². The molecule has 0 radical (unpaired) electrons. The Hall–Kier alpha value is -1.89. The van der Waals surface area contributed by atoms with Crippen LogP contribution in [-0.4, -0.2) is 19.8 Å². The molecular weight excluding hydrogens is 374 g/mol. The second-order valence-electron chi connectivity index (χ2n) is 5.60. The standard InChI is InChI=1S/C17H23BrN2.HNO3/c1-2-3-4-5-6-16(13-20-12-11-19-14-20)15-7-9-17(18)10-8-15;2-1(3)4/h7-12,14,16H,2-6,13H2,1H3;(H,2,3,4). The molecule has 132 valence electrons. The first kappa shape index (κ1) is 20.2. The minimum atomic E-state index is -1.50. The molecule has 1 unspecified atom stereocenters. The van der Waals surface area contributed by atoms with Crippen molar-refractivity contribution < 1.29 is 10.3 Å². The van der Waals surface area contributed by atoms with Gasteiger partial charge in [0.25, 0.3) is 5.09 Å². The molecule has 1 heterocycles. The number of imidazole rings is 1. The van der Waals surface area contributed by atoms with Gasteiger partial charge in [-0.05, 0) is 24.1 Å². The molecule has 6 nitrogen and oxygen atoms in total. The molecule has 0 bridgehead atoms. The summed E-state index contributed by atoms with van der Waals surface area (Å²) in [6.07, 6.45) is 12.4. The second kappa shape index (κ2) is 11.6. The zero-order valence-corrected chi connectivity index (χ0v) is 15.4. The maximum Gasteiger partial charge on any atom is 0.291 e. The Morgan fingerprint density at radius 3 is 2.50 bits per heavy atom. The molecule has 24 heavy (non-hydrogen) atoms. The summed E-state index contributed by atoms with van der Waals surface area (Å²) in [6.45, 7) is 3.28. The van der Waals surface area contributed by atoms with Crippen LogP contribution in [0.3, 0.4) is 0 Å². The van der Waals surface area contributed by atoms with E-state index < -0.39 is 5.09 Å². The van der Waals surface area contributed by atoms with Gasteiger partial charge in [-0.2, -0.15) is 0 Å². The Balaban J connectivity index is 0.000000648. The van der Waals surface area contributed by atoms with Crippen LogP contribution < -0.4 is 0 Å². The van der Waals surface area contributed by atoms with Crippen molar-refractivity contribution >= 4 is 15.9 Å². The first-order valence-corrected chi connectivity index (χ1v) is 8.86. The average molecular weight is 398 g/mol. The van der Waals surface area contributed by atoms with Crippen LogP contribution in [0.4, 0.5) is 0 Å². The lowest BCUT2D eigenvalue weighted by Gasteiger charge is -2.18. The summed E-state index contributed by atoms with van der Waals surface area (Å²) in [7, 11) is 0. The number of benzene rings is 1. The van der Waals surface area contributed by atoms with Crippen molar-refractivity contribution in [1.29, 1.82) is 0 Å². The van der Waals surface area contributed by atoms with Crippen molar-refractivity contribution in [2.75, 3.05) is 0 Å². The molecule has 2 aromatic rings. The van der Waals surface area contributed by atoms with Crippen molar-refractivity contribution in [2.45, 2.75) is 51.5 Å². The lowest BCUT2D eigenvalue weighted by molar-refractivity contribution is -0.742. The van der Waals surface area contributed by atoms with Crippen LogP contribution in [0.5, 0.6) is 0 Å². The molecule has 0 aliphatic rings. The van der Waals surface area contributed by atoms with E-state index in [-0.39, 0.29) is 0 Å². The van der Waals surface area contributed by atoms with Gasteiger partial charge in [-0.1, -0.05) is 60.7 Å². The zero-order valence-electron chi connectivity index (χ0n) is 13.8. The van der Waals surface area contributed by atoms with Crippen LogP contribution in [0.1, 0.15) is 50.5 Å². The summed E-state index contributed by atoms with van der Waals surface area (Å²) in [5.41, 5.74) is 1.43. The lowest BCUT2D eigenvalue weighted by atomic mass is 9.93. The normalized spacial score (nSPS) is 11.4. The molecule has 1 N–H and O–H groups in total. The Bertz CT molecular complexity index is 569. The van der Waals surface area contributed by atoms with Crippen molar-refractivity contribution in [2.24, 2.45) is 0 Å². The predicted molar refractivity (Wildman–Crippen MR) is 96.6 cm³/mol. The van der Waals surface area contributed by atoms with E-state index >= 15 is 0 Å². The first-order chi connectivity index (χ1) is 11.5. The Kier molecular flexibility index (Phi) is 9.76. The molecule has 0 spiro atoms. The molecule has 1 aromatic heterocycles. The maximum atomic E-state index is 8.36. The fraction of sp³-hybridized carbons (Fsp3) is 0.471. The number of unbranched alkanes of at least 4 members (excludes halogenated alkanes) is 3. The predicted octanol–water partition coefficient (Wildman–Crippen LogP) is 5.05. The number of halogens is 1. The third-order valence-electron chi connectivity index (χ3n) is 3.74. The fourth-order valence-electron chi connectivity index (χ4n) is 2.57. The monoisotopic (exact) mass is 397 g/mol. The largest absolute Gasteiger partial charge is 0.337 e. The van der Waals surface area contributed by atoms with Crippen LogP contribution in [0, 0.1) is 10.1 Å². The quantitative estimate of drug-likeness (QED) is 0.383. The van der Waals surface area contributed by atoms with Crippen molar-refractivity contribution in [3.05, 3.63) is 63.1 Å². The molecule has 1 aromatic carbocycles. The van der Waals surface area contributed by atoms with Crippen molar-refractivity contribution in [3.63, 3.8) is 0 Å². The second-order valence-corrected chi connectivity index (χ2v) is 6.51. The topological polar surface area (TPSA) is 81.2 Å². The fourth-order valence-corrected chi connectivity index (χ4v) is 2.83. The van der Waals surface area contributed by atoms with Crippen LogP contribution in [0.2, 0.25) is 0 Å². The van der Waals surface area contributed by atoms with Gasteiger partial charge in [0.2, 0.25) is 0 Å². The third-order valence-corrected chi connectivity index (χ3v) is 4.27. The molecule has 0 saturated heterocycles. The van der Waals surface area contributed by atoms with E-state index in [1.165, 1.54) is 37.7 Å². The summed E-state index contributed by atoms with van der Waals surface area (Å²) in [4.78, 5) is 12.5. The van der Waals surface area contributed by atoms with Gasteiger partial charge in [-0.15, -0.1) is 10.1 Å². The van der Waals surface area contributed by atoms with Crippen LogP contribution in [0.25, 0.3) is 0 Å². The number of rotatable bonds is 8. The van der Waals surface area contributed by atoms with Crippen LogP contribution in [-0.2, 0) is 6.54 Å². The van der Waals surface area contributed by atoms with E-state index in [0.717, 1.165) is 11.0 Å². The zero-order chi connectivity index (χ0) is 17.8. The van der Waals surface area contributed by atoms with Gasteiger partial charge in [-0.3, -0.25) is 0 Å². The van der Waals surface area contributed by atoms with Gasteiger partial charge in [0, 0.05) is 29.3 Å². The van der Waals surface area contributed by atoms with Gasteiger partial charge in [-0.25, -0.2) is 4.98 Å². The number of hydrogen-bond acceptors (Lipinski definition) is 3. The van der Waals surface area contributed by atoms with E-state index in [4.69, 9.17) is 15.3 Å². The lowest BCUT2D eigenvalue weighted by Crippen LogP contribution is -2.08. The molecule has 7 heteroatoms. The van der Waals surface area contributed by atoms with Crippen molar-refractivity contribution in [1.82, 2.24) is 9.55 Å². The molecule has 0 amide bonds. The number of aromatic nitrogens is 2. The first-order valence-electron chi connectivity index (χ1n) is 8.07. The molecule has 0 saturated carbocycles. The molecule has 2 rings (SSSR count). The van der Waals surface area contributed by atoms with Crippen LogP contribution >= 0.6 is 15.9 Å². The highest BCUT2D eigenvalue weighted by atomic mass is 79.9. The van der Waals surface area contributed by atoms with Gasteiger partial charge in [0.05, 0.1) is 6.33 Å². The smallest absolute Gasteiger partial charge is 0.291 e. The highest BCUT2D eigenvalue weighted by molar-refractivity contribution is 9.10. The van der Waals surface area contributed by atoms with E-state index in [0.29, 0.717) is 5.92 Å². The van der Waals surface area contributed by atoms with E-state index in [9.17, 15) is 0 Å². The average Bonchev–Trinajstić information content (AvgIpc) is 3.04. The van der Waals surface area contributed by atoms with Gasteiger partial charge in [0.1, 0.15) is 0 Å². The van der Waals surface area contributed by atoms with Crippen molar-refractivity contribution in [3.8, 4) is 0 Å². The molecule has 1 atom stereocenters. The van der Waals surface area contributed by atoms with E-state index in [1.807, 2.05) is 12.5 Å².